The molecule has 1 aliphatic carbocycles. The van der Waals surface area contributed by atoms with Crippen molar-refractivity contribution in [3.05, 3.63) is 41.8 Å². The number of rotatable bonds is 6. The van der Waals surface area contributed by atoms with Crippen LogP contribution in [0.3, 0.4) is 0 Å². The monoisotopic (exact) mass is 389 g/mol. The number of nitrogens with zero attached hydrogens (tertiary/aromatic N) is 1. The fourth-order valence-electron chi connectivity index (χ4n) is 2.13. The van der Waals surface area contributed by atoms with Crippen molar-refractivity contribution in [3.63, 3.8) is 0 Å². The van der Waals surface area contributed by atoms with Crippen molar-refractivity contribution in [2.24, 2.45) is 0 Å². The number of carbonyl (C=O) groups is 1. The molecule has 0 unspecified atom stereocenters. The molecule has 1 heterocycles. The van der Waals surface area contributed by atoms with Crippen molar-refractivity contribution in [2.75, 3.05) is 11.9 Å². The van der Waals surface area contributed by atoms with Gasteiger partial charge in [-0.05, 0) is 37.1 Å². The van der Waals surface area contributed by atoms with E-state index in [1.54, 1.807) is 6.07 Å². The van der Waals surface area contributed by atoms with Gasteiger partial charge in [0.25, 0.3) is 5.91 Å². The summed E-state index contributed by atoms with van der Waals surface area (Å²) in [6.45, 7) is -1.66. The summed E-state index contributed by atoms with van der Waals surface area (Å²) in [6, 6.07) is 6.26. The highest BCUT2D eigenvalue weighted by Crippen LogP contribution is 2.40. The predicted molar refractivity (Wildman–Crippen MR) is 84.1 cm³/mol. The lowest BCUT2D eigenvalue weighted by atomic mass is 10.2. The molecule has 7 nitrogen and oxygen atoms in total. The molecule has 0 aliphatic heterocycles. The Kier molecular flexibility index (Phi) is 4.76. The van der Waals surface area contributed by atoms with Gasteiger partial charge in [0.2, 0.25) is 10.0 Å². The number of halogens is 3. The zero-order valence-corrected chi connectivity index (χ0v) is 14.0. The maximum atomic E-state index is 12.1. The number of carbonyl (C=O) groups excluding carboxylic acids is 1. The van der Waals surface area contributed by atoms with Gasteiger partial charge in [-0.1, -0.05) is 5.16 Å². The third-order valence-corrected chi connectivity index (χ3v) is 5.04. The molecule has 0 radical (unpaired) electrons. The Bertz CT molecular complexity index is 903. The van der Waals surface area contributed by atoms with Crippen LogP contribution in [0.1, 0.15) is 35.0 Å². The predicted octanol–water partition coefficient (Wildman–Crippen LogP) is 2.64. The molecule has 2 aromatic rings. The number of nitrogens with one attached hydrogen (secondary N) is 2. The van der Waals surface area contributed by atoms with Gasteiger partial charge in [-0.2, -0.15) is 13.2 Å². The average Bonchev–Trinajstić information content (AvgIpc) is 3.30. The summed E-state index contributed by atoms with van der Waals surface area (Å²) < 4.78 is 66.5. The highest BCUT2D eigenvalue weighted by atomic mass is 32.2. The molecular weight excluding hydrogens is 375 g/mol. The summed E-state index contributed by atoms with van der Waals surface area (Å²) in [6.07, 6.45) is -2.67. The summed E-state index contributed by atoms with van der Waals surface area (Å²) in [5, 5.41) is 6.19. The first-order valence-corrected chi connectivity index (χ1v) is 9.07. The molecule has 0 saturated heterocycles. The summed E-state index contributed by atoms with van der Waals surface area (Å²) in [4.78, 5) is 11.7. The summed E-state index contributed by atoms with van der Waals surface area (Å²) in [5.41, 5.74) is 0.358. The van der Waals surface area contributed by atoms with E-state index in [0.717, 1.165) is 25.0 Å². The Hall–Kier alpha value is -2.40. The molecule has 1 aliphatic rings. The third kappa shape index (κ3) is 4.61. The Balaban J connectivity index is 1.64. The van der Waals surface area contributed by atoms with Crippen molar-refractivity contribution in [2.45, 2.75) is 29.8 Å². The van der Waals surface area contributed by atoms with Crippen molar-refractivity contribution >= 4 is 21.6 Å². The van der Waals surface area contributed by atoms with Gasteiger partial charge in [0, 0.05) is 17.7 Å². The summed E-state index contributed by atoms with van der Waals surface area (Å²) in [5.74, 6) is 0.413. The summed E-state index contributed by atoms with van der Waals surface area (Å²) >= 11 is 0. The molecule has 11 heteroatoms. The van der Waals surface area contributed by atoms with Gasteiger partial charge >= 0.3 is 6.18 Å². The minimum Gasteiger partial charge on any atom is -0.360 e. The normalized spacial score (nSPS) is 15.0. The molecule has 3 rings (SSSR count). The van der Waals surface area contributed by atoms with Gasteiger partial charge < -0.3 is 9.84 Å². The van der Waals surface area contributed by atoms with E-state index in [1.807, 2.05) is 0 Å². The van der Waals surface area contributed by atoms with E-state index in [2.05, 4.69) is 10.5 Å². The number of amides is 1. The molecule has 140 valence electrons. The van der Waals surface area contributed by atoms with E-state index in [1.165, 1.54) is 16.9 Å². The quantitative estimate of drug-likeness (QED) is 0.791. The first kappa shape index (κ1) is 18.4. The zero-order valence-electron chi connectivity index (χ0n) is 13.2. The van der Waals surface area contributed by atoms with Gasteiger partial charge in [0.05, 0.1) is 4.90 Å². The fourth-order valence-corrected chi connectivity index (χ4v) is 3.14. The van der Waals surface area contributed by atoms with Crippen molar-refractivity contribution < 1.29 is 30.9 Å². The van der Waals surface area contributed by atoms with E-state index in [0.29, 0.717) is 11.7 Å². The first-order valence-electron chi connectivity index (χ1n) is 7.58. The first-order chi connectivity index (χ1) is 12.1. The van der Waals surface area contributed by atoms with Gasteiger partial charge in [-0.15, -0.1) is 0 Å². The van der Waals surface area contributed by atoms with Crippen molar-refractivity contribution in [1.82, 2.24) is 9.88 Å². The summed E-state index contributed by atoms with van der Waals surface area (Å²) in [7, 11) is -4.30. The standard InChI is InChI=1S/C15H14F3N3O4S/c16-15(17,18)8-19-26(23,24)11-5-3-10(4-6-11)20-14(22)12-7-13(25-21-12)9-1-2-9/h3-7,9,19H,1-2,8H2,(H,20,22). The lowest BCUT2D eigenvalue weighted by Gasteiger charge is -2.10. The number of benzene rings is 1. The Labute approximate surface area is 146 Å². The number of aromatic nitrogens is 1. The second kappa shape index (κ2) is 6.72. The van der Waals surface area contributed by atoms with Crippen LogP contribution in [-0.4, -0.2) is 32.2 Å². The number of sulfonamides is 1. The van der Waals surface area contributed by atoms with E-state index >= 15 is 0 Å². The third-order valence-electron chi connectivity index (χ3n) is 3.63. The SMILES string of the molecule is O=C(Nc1ccc(S(=O)(=O)NCC(F)(F)F)cc1)c1cc(C2CC2)on1. The van der Waals surface area contributed by atoms with E-state index in [4.69, 9.17) is 4.52 Å². The second-order valence-electron chi connectivity index (χ2n) is 5.81. The number of anilines is 1. The highest BCUT2D eigenvalue weighted by Gasteiger charge is 2.30. The largest absolute Gasteiger partial charge is 0.402 e. The molecule has 0 bridgehead atoms. The number of hydrogen-bond acceptors (Lipinski definition) is 5. The van der Waals surface area contributed by atoms with Gasteiger partial charge in [0.1, 0.15) is 12.3 Å². The van der Waals surface area contributed by atoms with E-state index in [9.17, 15) is 26.4 Å². The highest BCUT2D eigenvalue weighted by molar-refractivity contribution is 7.89. The smallest absolute Gasteiger partial charge is 0.360 e. The zero-order chi connectivity index (χ0) is 18.9. The second-order valence-corrected chi connectivity index (χ2v) is 7.57. The number of hydrogen-bond donors (Lipinski definition) is 2. The molecule has 0 atom stereocenters. The maximum absolute atomic E-state index is 12.1. The minimum atomic E-state index is -4.65. The average molecular weight is 389 g/mol. The molecule has 26 heavy (non-hydrogen) atoms. The molecule has 2 N–H and O–H groups in total. The van der Waals surface area contributed by atoms with Gasteiger partial charge in [-0.25, -0.2) is 13.1 Å². The van der Waals surface area contributed by atoms with E-state index < -0.39 is 28.7 Å². The van der Waals surface area contributed by atoms with Gasteiger partial charge in [0.15, 0.2) is 5.69 Å². The number of alkyl halides is 3. The van der Waals surface area contributed by atoms with Crippen LogP contribution in [0.25, 0.3) is 0 Å². The topological polar surface area (TPSA) is 101 Å². The molecule has 1 saturated carbocycles. The lowest BCUT2D eigenvalue weighted by molar-refractivity contribution is -0.121. The molecule has 1 aromatic heterocycles. The van der Waals surface area contributed by atoms with Gasteiger partial charge in [-0.3, -0.25) is 4.79 Å². The van der Waals surface area contributed by atoms with Crippen LogP contribution in [-0.2, 0) is 10.0 Å². The maximum Gasteiger partial charge on any atom is 0.402 e. The van der Waals surface area contributed by atoms with Crippen LogP contribution in [0, 0.1) is 0 Å². The van der Waals surface area contributed by atoms with E-state index in [-0.39, 0.29) is 16.3 Å². The van der Waals surface area contributed by atoms with Crippen LogP contribution >= 0.6 is 0 Å². The Morgan fingerprint density at radius 2 is 1.88 bits per heavy atom. The Morgan fingerprint density at radius 1 is 1.23 bits per heavy atom. The van der Waals surface area contributed by atoms with Crippen LogP contribution in [0.2, 0.25) is 0 Å². The lowest BCUT2D eigenvalue weighted by Crippen LogP contribution is -2.33. The fraction of sp³-hybridized carbons (Fsp3) is 0.333. The molecule has 1 amide bonds. The van der Waals surface area contributed by atoms with Crippen molar-refractivity contribution in [3.8, 4) is 0 Å². The van der Waals surface area contributed by atoms with Crippen LogP contribution < -0.4 is 10.0 Å². The van der Waals surface area contributed by atoms with Crippen LogP contribution in [0.5, 0.6) is 0 Å². The minimum absolute atomic E-state index is 0.0930. The van der Waals surface area contributed by atoms with Crippen LogP contribution in [0.15, 0.2) is 39.8 Å². The molecule has 1 fully saturated rings. The van der Waals surface area contributed by atoms with Crippen molar-refractivity contribution in [1.29, 1.82) is 0 Å². The molecule has 0 spiro atoms. The molecule has 1 aromatic carbocycles. The molecular formula is C15H14F3N3O4S. The Morgan fingerprint density at radius 3 is 2.46 bits per heavy atom. The van der Waals surface area contributed by atoms with Crippen LogP contribution in [0.4, 0.5) is 18.9 Å².